The molecule has 1 aliphatic heterocycles. The number of nitrogens with zero attached hydrogens (tertiary/aromatic N) is 3. The van der Waals surface area contributed by atoms with Crippen LogP contribution in [0.4, 0.5) is 0 Å². The molecule has 36 heavy (non-hydrogen) atoms. The van der Waals surface area contributed by atoms with Crippen molar-refractivity contribution in [2.24, 2.45) is 0 Å². The topological polar surface area (TPSA) is 105 Å². The molecule has 0 radical (unpaired) electrons. The number of nitrogens with one attached hydrogen (secondary N) is 1. The molecule has 1 unspecified atom stereocenters. The molecule has 7 nitrogen and oxygen atoms in total. The fourth-order valence-electron chi connectivity index (χ4n) is 3.95. The molecule has 0 aliphatic carbocycles. The van der Waals surface area contributed by atoms with E-state index in [0.717, 1.165) is 29.8 Å². The number of carbonyl (C=O) groups is 1. The van der Waals surface area contributed by atoms with Gasteiger partial charge < -0.3 is 5.32 Å². The van der Waals surface area contributed by atoms with Crippen molar-refractivity contribution in [3.63, 3.8) is 0 Å². The van der Waals surface area contributed by atoms with Crippen molar-refractivity contribution in [1.29, 1.82) is 5.26 Å². The number of benzene rings is 2. The minimum atomic E-state index is -3.15. The molecule has 1 amide bonds. The lowest BCUT2D eigenvalue weighted by atomic mass is 10.1. The second-order valence-corrected chi connectivity index (χ2v) is 12.1. The molecule has 1 atom stereocenters. The van der Waals surface area contributed by atoms with Crippen molar-refractivity contribution in [3.05, 3.63) is 71.9 Å². The molecular weight excluding hydrogens is 492 g/mol. The van der Waals surface area contributed by atoms with Crippen molar-refractivity contribution >= 4 is 33.6 Å². The molecule has 4 rings (SSSR count). The summed E-state index contributed by atoms with van der Waals surface area (Å²) < 4.78 is 25.2. The third-order valence-electron chi connectivity index (χ3n) is 5.89. The van der Waals surface area contributed by atoms with Gasteiger partial charge in [-0.05, 0) is 48.9 Å². The summed E-state index contributed by atoms with van der Waals surface area (Å²) in [5.74, 6) is 0.428. The van der Waals surface area contributed by atoms with Crippen LogP contribution in [0.5, 0.6) is 0 Å². The van der Waals surface area contributed by atoms with Gasteiger partial charge in [0.15, 0.2) is 9.84 Å². The van der Waals surface area contributed by atoms with E-state index in [1.165, 1.54) is 11.0 Å². The summed E-state index contributed by atoms with van der Waals surface area (Å²) in [6, 6.07) is 19.2. The maximum Gasteiger partial charge on any atom is 0.262 e. The Labute approximate surface area is 216 Å². The summed E-state index contributed by atoms with van der Waals surface area (Å²) in [5, 5.41) is 17.2. The van der Waals surface area contributed by atoms with E-state index in [0.29, 0.717) is 17.7 Å². The van der Waals surface area contributed by atoms with Gasteiger partial charge in [0.1, 0.15) is 11.6 Å². The van der Waals surface area contributed by atoms with Crippen LogP contribution in [0.15, 0.2) is 71.3 Å². The molecule has 0 bridgehead atoms. The zero-order valence-corrected chi connectivity index (χ0v) is 21.7. The Kier molecular flexibility index (Phi) is 8.28. The van der Waals surface area contributed by atoms with Crippen molar-refractivity contribution in [2.75, 3.05) is 17.3 Å². The number of rotatable bonds is 9. The highest BCUT2D eigenvalue weighted by Crippen LogP contribution is 2.28. The van der Waals surface area contributed by atoms with Crippen LogP contribution in [-0.2, 0) is 14.6 Å². The number of hydrogen-bond donors (Lipinski definition) is 1. The van der Waals surface area contributed by atoms with E-state index in [9.17, 15) is 18.5 Å². The van der Waals surface area contributed by atoms with Crippen LogP contribution >= 0.6 is 11.8 Å². The van der Waals surface area contributed by atoms with Crippen molar-refractivity contribution in [3.8, 4) is 23.0 Å². The Morgan fingerprint density at radius 3 is 2.61 bits per heavy atom. The number of unbranched alkanes of at least 4 members (excludes halogenated alkanes) is 1. The van der Waals surface area contributed by atoms with Crippen LogP contribution < -0.4 is 5.32 Å². The fraction of sp³-hybridized carbons (Fsp3) is 0.296. The zero-order chi connectivity index (χ0) is 25.5. The number of thioether (sulfide) groups is 1. The van der Waals surface area contributed by atoms with Gasteiger partial charge in [-0.2, -0.15) is 10.4 Å². The molecule has 1 fully saturated rings. The van der Waals surface area contributed by atoms with E-state index in [1.807, 2.05) is 60.3 Å². The minimum absolute atomic E-state index is 0.0459. The molecule has 3 aromatic rings. The van der Waals surface area contributed by atoms with Gasteiger partial charge in [0.25, 0.3) is 5.91 Å². The van der Waals surface area contributed by atoms with Crippen molar-refractivity contribution in [2.45, 2.75) is 37.1 Å². The first-order valence-corrected chi connectivity index (χ1v) is 14.7. The SMILES string of the molecule is CCCCSc1ccc(-c2nn(-c3ccccc3)cc2C=C(C#N)C(=O)NC2CCS(=O)(=O)C2)cc1. The average molecular weight is 521 g/mol. The normalized spacial score (nSPS) is 17.0. The highest BCUT2D eigenvalue weighted by molar-refractivity contribution is 7.99. The van der Waals surface area contributed by atoms with Gasteiger partial charge in [-0.25, -0.2) is 13.1 Å². The van der Waals surface area contributed by atoms with Crippen LogP contribution in [0.3, 0.4) is 0 Å². The van der Waals surface area contributed by atoms with Gasteiger partial charge in [-0.1, -0.05) is 43.7 Å². The molecule has 1 saturated heterocycles. The summed E-state index contributed by atoms with van der Waals surface area (Å²) in [6.07, 6.45) is 5.98. The summed E-state index contributed by atoms with van der Waals surface area (Å²) in [7, 11) is -3.15. The molecule has 9 heteroatoms. The Bertz CT molecular complexity index is 1390. The van der Waals surface area contributed by atoms with Crippen molar-refractivity contribution in [1.82, 2.24) is 15.1 Å². The number of para-hydroxylation sites is 1. The van der Waals surface area contributed by atoms with Gasteiger partial charge >= 0.3 is 0 Å². The molecule has 1 aliphatic rings. The zero-order valence-electron chi connectivity index (χ0n) is 20.1. The summed E-state index contributed by atoms with van der Waals surface area (Å²) in [4.78, 5) is 14.0. The minimum Gasteiger partial charge on any atom is -0.348 e. The Morgan fingerprint density at radius 2 is 1.97 bits per heavy atom. The summed E-state index contributed by atoms with van der Waals surface area (Å²) in [6.45, 7) is 2.17. The molecule has 0 spiro atoms. The second kappa shape index (κ2) is 11.6. The first-order valence-electron chi connectivity index (χ1n) is 11.9. The number of nitriles is 1. The lowest BCUT2D eigenvalue weighted by Gasteiger charge is -2.10. The number of amides is 1. The maximum atomic E-state index is 12.8. The lowest BCUT2D eigenvalue weighted by molar-refractivity contribution is -0.117. The number of sulfone groups is 1. The maximum absolute atomic E-state index is 12.8. The number of aromatic nitrogens is 2. The Balaban J connectivity index is 1.65. The van der Waals surface area contributed by atoms with Gasteiger partial charge in [-0.15, -0.1) is 11.8 Å². The van der Waals surface area contributed by atoms with E-state index in [4.69, 9.17) is 5.10 Å². The monoisotopic (exact) mass is 520 g/mol. The third kappa shape index (κ3) is 6.45. The Morgan fingerprint density at radius 1 is 1.22 bits per heavy atom. The van der Waals surface area contributed by atoms with Crippen LogP contribution in [0.2, 0.25) is 0 Å². The molecular formula is C27H28N4O3S2. The van der Waals surface area contributed by atoms with Crippen LogP contribution in [0, 0.1) is 11.3 Å². The van der Waals surface area contributed by atoms with E-state index in [2.05, 4.69) is 24.4 Å². The van der Waals surface area contributed by atoms with Crippen molar-refractivity contribution < 1.29 is 13.2 Å². The number of carbonyl (C=O) groups excluding carboxylic acids is 1. The first kappa shape index (κ1) is 25.7. The standard InChI is InChI=1S/C27H28N4O3S2/c1-2-3-14-35-25-11-9-20(10-12-25)26-22(18-31(30-26)24-7-5-4-6-8-24)16-21(17-28)27(32)29-23-13-15-36(33,34)19-23/h4-12,16,18,23H,2-3,13-15,19H2,1H3,(H,29,32). The molecule has 2 aromatic carbocycles. The second-order valence-electron chi connectivity index (χ2n) is 8.68. The molecule has 1 aromatic heterocycles. The van der Waals surface area contributed by atoms with Crippen LogP contribution in [0.25, 0.3) is 23.0 Å². The predicted molar refractivity (Wildman–Crippen MR) is 143 cm³/mol. The summed E-state index contributed by atoms with van der Waals surface area (Å²) >= 11 is 1.81. The van der Waals surface area contributed by atoms with Gasteiger partial charge in [0.05, 0.1) is 22.9 Å². The fourth-order valence-corrected chi connectivity index (χ4v) is 6.62. The molecule has 186 valence electrons. The third-order valence-corrected chi connectivity index (χ3v) is 8.76. The smallest absolute Gasteiger partial charge is 0.262 e. The van der Waals surface area contributed by atoms with E-state index in [1.54, 1.807) is 10.9 Å². The predicted octanol–water partition coefficient (Wildman–Crippen LogP) is 4.64. The van der Waals surface area contributed by atoms with Gasteiger partial charge in [0.2, 0.25) is 0 Å². The van der Waals surface area contributed by atoms with Gasteiger partial charge in [0, 0.05) is 28.3 Å². The Hall–Kier alpha value is -3.35. The highest BCUT2D eigenvalue weighted by atomic mass is 32.2. The highest BCUT2D eigenvalue weighted by Gasteiger charge is 2.29. The summed E-state index contributed by atoms with van der Waals surface area (Å²) in [5.41, 5.74) is 2.89. The average Bonchev–Trinajstić information content (AvgIpc) is 3.46. The lowest BCUT2D eigenvalue weighted by Crippen LogP contribution is -2.36. The quantitative estimate of drug-likeness (QED) is 0.191. The largest absolute Gasteiger partial charge is 0.348 e. The first-order chi connectivity index (χ1) is 17.4. The number of hydrogen-bond acceptors (Lipinski definition) is 6. The van der Waals surface area contributed by atoms with Crippen LogP contribution in [-0.4, -0.2) is 47.4 Å². The van der Waals surface area contributed by atoms with E-state index < -0.39 is 21.8 Å². The van der Waals surface area contributed by atoms with E-state index in [-0.39, 0.29) is 17.1 Å². The molecule has 1 N–H and O–H groups in total. The molecule has 2 heterocycles. The molecule has 0 saturated carbocycles. The van der Waals surface area contributed by atoms with Crippen LogP contribution in [0.1, 0.15) is 31.7 Å². The van der Waals surface area contributed by atoms with Gasteiger partial charge in [-0.3, -0.25) is 4.79 Å². The van der Waals surface area contributed by atoms with E-state index >= 15 is 0 Å².